The van der Waals surface area contributed by atoms with Gasteiger partial charge in [0.05, 0.1) is 29.2 Å². The molecular weight excluding hydrogens is 426 g/mol. The topological polar surface area (TPSA) is 98.7 Å². The molecule has 1 spiro atoms. The largest absolute Gasteiger partial charge is 0.394 e. The number of hydrogen-bond acceptors (Lipinski definition) is 5. The first-order chi connectivity index (χ1) is 14.4. The van der Waals surface area contributed by atoms with Gasteiger partial charge in [0.1, 0.15) is 6.04 Å². The first kappa shape index (κ1) is 21.5. The molecule has 3 amide bonds. The molecule has 3 saturated heterocycles. The molecule has 30 heavy (non-hydrogen) atoms. The molecule has 0 radical (unpaired) electrons. The number of rotatable bonds is 6. The molecule has 7 nitrogen and oxygen atoms in total. The fourth-order valence-electron chi connectivity index (χ4n) is 5.41. The first-order valence-electron chi connectivity index (χ1n) is 10.3. The van der Waals surface area contributed by atoms with Gasteiger partial charge in [-0.2, -0.15) is 0 Å². The van der Waals surface area contributed by atoms with Crippen molar-refractivity contribution in [3.05, 3.63) is 29.3 Å². The number of thioether (sulfide) groups is 1. The van der Waals surface area contributed by atoms with Crippen molar-refractivity contribution >= 4 is 46.8 Å². The molecule has 3 aliphatic heterocycles. The highest BCUT2D eigenvalue weighted by atomic mass is 35.5. The van der Waals surface area contributed by atoms with Crippen LogP contribution in [0.5, 0.6) is 0 Å². The molecule has 2 unspecified atom stereocenters. The third-order valence-electron chi connectivity index (χ3n) is 6.72. The Hall–Kier alpha value is -1.77. The van der Waals surface area contributed by atoms with E-state index in [9.17, 15) is 19.5 Å². The molecule has 3 fully saturated rings. The van der Waals surface area contributed by atoms with E-state index in [1.54, 1.807) is 48.0 Å². The lowest BCUT2D eigenvalue weighted by atomic mass is 9.70. The Morgan fingerprint density at radius 3 is 2.63 bits per heavy atom. The van der Waals surface area contributed by atoms with Crippen LogP contribution in [0, 0.1) is 11.8 Å². The fourth-order valence-corrected chi connectivity index (χ4v) is 7.74. The van der Waals surface area contributed by atoms with E-state index < -0.39 is 28.7 Å². The summed E-state index contributed by atoms with van der Waals surface area (Å²) in [5.41, 5.74) is 0.592. The summed E-state index contributed by atoms with van der Waals surface area (Å²) in [7, 11) is 1.58. The number of likely N-dealkylation sites (tertiary alicyclic amines) is 1. The molecular formula is C21H26ClN3O4S. The summed E-state index contributed by atoms with van der Waals surface area (Å²) in [4.78, 5) is 41.3. The zero-order chi connectivity index (χ0) is 21.6. The van der Waals surface area contributed by atoms with Crippen LogP contribution in [0.4, 0.5) is 5.69 Å². The second kappa shape index (κ2) is 8.05. The Labute approximate surface area is 184 Å². The van der Waals surface area contributed by atoms with Crippen LogP contribution in [0.1, 0.15) is 26.2 Å². The Morgan fingerprint density at radius 1 is 1.33 bits per heavy atom. The van der Waals surface area contributed by atoms with E-state index in [1.807, 2.05) is 6.92 Å². The zero-order valence-electron chi connectivity index (χ0n) is 16.9. The molecule has 9 heteroatoms. The van der Waals surface area contributed by atoms with Gasteiger partial charge in [-0.3, -0.25) is 14.4 Å². The molecule has 0 aromatic heterocycles. The zero-order valence-corrected chi connectivity index (χ0v) is 18.5. The molecule has 162 valence electrons. The number of halogens is 1. The van der Waals surface area contributed by atoms with E-state index in [0.717, 1.165) is 6.42 Å². The fraction of sp³-hybridized carbons (Fsp3) is 0.571. The highest BCUT2D eigenvalue weighted by Gasteiger charge is 2.74. The molecule has 0 aliphatic carbocycles. The van der Waals surface area contributed by atoms with E-state index in [4.69, 9.17) is 11.6 Å². The summed E-state index contributed by atoms with van der Waals surface area (Å²) in [6.45, 7) is 1.66. The Morgan fingerprint density at radius 2 is 2.03 bits per heavy atom. The number of hydrogen-bond donors (Lipinski definition) is 3. The Bertz CT molecular complexity index is 862. The van der Waals surface area contributed by atoms with Crippen molar-refractivity contribution in [2.45, 2.75) is 48.3 Å². The number of anilines is 1. The van der Waals surface area contributed by atoms with Crippen molar-refractivity contribution in [2.75, 3.05) is 19.0 Å². The quantitative estimate of drug-likeness (QED) is 0.613. The van der Waals surface area contributed by atoms with Gasteiger partial charge in [0.15, 0.2) is 0 Å². The second-order valence-electron chi connectivity index (χ2n) is 8.16. The number of amides is 3. The van der Waals surface area contributed by atoms with E-state index in [2.05, 4.69) is 10.6 Å². The van der Waals surface area contributed by atoms with Crippen molar-refractivity contribution in [1.29, 1.82) is 0 Å². The van der Waals surface area contributed by atoms with Crippen LogP contribution in [-0.2, 0) is 14.4 Å². The smallest absolute Gasteiger partial charge is 0.248 e. The molecule has 3 heterocycles. The van der Waals surface area contributed by atoms with E-state index in [1.165, 1.54) is 0 Å². The molecule has 0 saturated carbocycles. The van der Waals surface area contributed by atoms with Crippen molar-refractivity contribution in [3.8, 4) is 0 Å². The highest BCUT2D eigenvalue weighted by Crippen LogP contribution is 2.66. The maximum absolute atomic E-state index is 13.6. The number of carbonyl (C=O) groups excluding carboxylic acids is 3. The molecule has 2 bridgehead atoms. The number of carbonyl (C=O) groups is 3. The maximum atomic E-state index is 13.6. The van der Waals surface area contributed by atoms with Crippen LogP contribution in [0.25, 0.3) is 0 Å². The summed E-state index contributed by atoms with van der Waals surface area (Å²) in [5.74, 6) is -1.64. The molecule has 4 rings (SSSR count). The first-order valence-corrected chi connectivity index (χ1v) is 11.5. The van der Waals surface area contributed by atoms with Crippen molar-refractivity contribution in [3.63, 3.8) is 0 Å². The summed E-state index contributed by atoms with van der Waals surface area (Å²) in [6.07, 6.45) is 2.01. The number of nitrogens with one attached hydrogen (secondary N) is 2. The van der Waals surface area contributed by atoms with Gasteiger partial charge in [-0.25, -0.2) is 0 Å². The van der Waals surface area contributed by atoms with Crippen LogP contribution in [0.2, 0.25) is 5.02 Å². The molecule has 1 aromatic rings. The third-order valence-corrected chi connectivity index (χ3v) is 8.93. The maximum Gasteiger partial charge on any atom is 0.248 e. The predicted molar refractivity (Wildman–Crippen MR) is 116 cm³/mol. The number of nitrogens with zero attached hydrogens (tertiary/aromatic N) is 1. The normalized spacial score (nSPS) is 32.8. The molecule has 3 aliphatic rings. The van der Waals surface area contributed by atoms with Gasteiger partial charge in [0.25, 0.3) is 0 Å². The molecule has 1 aromatic carbocycles. The van der Waals surface area contributed by atoms with E-state index >= 15 is 0 Å². The summed E-state index contributed by atoms with van der Waals surface area (Å²) < 4.78 is -0.655. The van der Waals surface area contributed by atoms with Crippen molar-refractivity contribution < 1.29 is 19.5 Å². The minimum absolute atomic E-state index is 0.0288. The number of benzene rings is 1. The lowest BCUT2D eigenvalue weighted by molar-refractivity contribution is -0.142. The van der Waals surface area contributed by atoms with Crippen LogP contribution < -0.4 is 10.6 Å². The van der Waals surface area contributed by atoms with Gasteiger partial charge in [-0.1, -0.05) is 18.5 Å². The Balaban J connectivity index is 1.73. The summed E-state index contributed by atoms with van der Waals surface area (Å²) in [6, 6.07) is 5.60. The molecule has 6 atom stereocenters. The standard InChI is InChI=1S/C21H26ClN3O4S/c1-3-13(10-26)25-17(19(28)24-12-6-4-11(22)5-7-12)21-9-8-14(30-21)15(18(27)23-2)16(21)20(25)29/h4-7,13-17,26H,3,8-10H2,1-2H3,(H,23,27)(H,24,28)/t13-,14+,15-,16-,17?,21?/m0/s1. The van der Waals surface area contributed by atoms with Crippen molar-refractivity contribution in [1.82, 2.24) is 10.2 Å². The number of aliphatic hydroxyl groups is 1. The number of aliphatic hydroxyl groups excluding tert-OH is 1. The second-order valence-corrected chi connectivity index (χ2v) is 10.2. The third kappa shape index (κ3) is 3.11. The van der Waals surface area contributed by atoms with Gasteiger partial charge in [0, 0.05) is 23.0 Å². The highest BCUT2D eigenvalue weighted by molar-refractivity contribution is 8.02. The van der Waals surface area contributed by atoms with Gasteiger partial charge in [0.2, 0.25) is 17.7 Å². The van der Waals surface area contributed by atoms with Crippen LogP contribution >= 0.6 is 23.4 Å². The van der Waals surface area contributed by atoms with Crippen molar-refractivity contribution in [2.24, 2.45) is 11.8 Å². The SMILES string of the molecule is CC[C@@H](CO)N1C(=O)[C@@H]2[C@@H](C(=O)NC)[C@H]3CCC2(S3)C1C(=O)Nc1ccc(Cl)cc1. The average molecular weight is 452 g/mol. The monoisotopic (exact) mass is 451 g/mol. The van der Waals surface area contributed by atoms with Crippen LogP contribution in [-0.4, -0.2) is 63.5 Å². The van der Waals surface area contributed by atoms with Gasteiger partial charge < -0.3 is 20.6 Å². The minimum Gasteiger partial charge on any atom is -0.394 e. The lowest BCUT2D eigenvalue weighted by Crippen LogP contribution is -2.54. The van der Waals surface area contributed by atoms with E-state index in [-0.39, 0.29) is 29.6 Å². The minimum atomic E-state index is -0.743. The Kier molecular flexibility index (Phi) is 5.76. The van der Waals surface area contributed by atoms with Crippen LogP contribution in [0.3, 0.4) is 0 Å². The average Bonchev–Trinajstić information content (AvgIpc) is 3.38. The predicted octanol–water partition coefficient (Wildman–Crippen LogP) is 1.89. The summed E-state index contributed by atoms with van der Waals surface area (Å²) >= 11 is 7.55. The lowest BCUT2D eigenvalue weighted by Gasteiger charge is -2.36. The number of fused-ring (bicyclic) bond motifs is 1. The van der Waals surface area contributed by atoms with Crippen LogP contribution in [0.15, 0.2) is 24.3 Å². The van der Waals surface area contributed by atoms with Gasteiger partial charge in [-0.05, 0) is 43.5 Å². The van der Waals surface area contributed by atoms with Gasteiger partial charge >= 0.3 is 0 Å². The summed E-state index contributed by atoms with van der Waals surface area (Å²) in [5, 5.41) is 16.2. The van der Waals surface area contributed by atoms with E-state index in [0.29, 0.717) is 23.6 Å². The molecule has 3 N–H and O–H groups in total. The van der Waals surface area contributed by atoms with Gasteiger partial charge in [-0.15, -0.1) is 11.8 Å².